The predicted octanol–water partition coefficient (Wildman–Crippen LogP) is 4.53. The van der Waals surface area contributed by atoms with Crippen molar-refractivity contribution >= 4 is 22.7 Å². The van der Waals surface area contributed by atoms with Crippen molar-refractivity contribution in [1.29, 1.82) is 0 Å². The van der Waals surface area contributed by atoms with Crippen molar-refractivity contribution in [2.45, 2.75) is 38.5 Å². The number of rotatable bonds is 4. The molecule has 1 unspecified atom stereocenters. The Kier molecular flexibility index (Phi) is 4.26. The normalized spacial score (nSPS) is 13.9. The Morgan fingerprint density at radius 2 is 2.00 bits per heavy atom. The van der Waals surface area contributed by atoms with Gasteiger partial charge in [0.05, 0.1) is 6.04 Å². The number of furan rings is 1. The van der Waals surface area contributed by atoms with Crippen molar-refractivity contribution in [2.75, 3.05) is 12.8 Å². The first kappa shape index (κ1) is 14.5. The number of hydrogen-bond acceptors (Lipinski definition) is 3. The first-order valence-electron chi connectivity index (χ1n) is 6.70. The lowest BCUT2D eigenvalue weighted by Crippen LogP contribution is -2.21. The molecule has 0 bridgehead atoms. The van der Waals surface area contributed by atoms with E-state index in [0.717, 1.165) is 17.1 Å². The molecule has 0 saturated heterocycles. The molecule has 0 aliphatic carbocycles. The number of aryl methyl sites for hydroxylation is 1. The molecular weight excluding hydrogens is 254 g/mol. The van der Waals surface area contributed by atoms with Crippen LogP contribution in [-0.2, 0) is 0 Å². The van der Waals surface area contributed by atoms with Crippen molar-refractivity contribution in [1.82, 2.24) is 5.32 Å². The second-order valence-electron chi connectivity index (χ2n) is 5.95. The smallest absolute Gasteiger partial charge is 0.134 e. The van der Waals surface area contributed by atoms with Gasteiger partial charge in [-0.25, -0.2) is 0 Å². The topological polar surface area (TPSA) is 25.2 Å². The third-order valence-electron chi connectivity index (χ3n) is 3.07. The SMILES string of the molecule is CNC(CSC(C)(C)C)c1cc2cc(C)ccc2o1. The van der Waals surface area contributed by atoms with Crippen molar-refractivity contribution in [3.05, 3.63) is 35.6 Å². The third kappa shape index (κ3) is 3.77. The van der Waals surface area contributed by atoms with Crippen LogP contribution in [0.1, 0.15) is 38.1 Å². The summed E-state index contributed by atoms with van der Waals surface area (Å²) in [5.74, 6) is 2.04. The van der Waals surface area contributed by atoms with Crippen LogP contribution in [0, 0.1) is 6.92 Å². The molecule has 1 heterocycles. The van der Waals surface area contributed by atoms with Crippen molar-refractivity contribution < 1.29 is 4.42 Å². The summed E-state index contributed by atoms with van der Waals surface area (Å²) < 4.78 is 6.24. The van der Waals surface area contributed by atoms with Crippen LogP contribution in [0.2, 0.25) is 0 Å². The van der Waals surface area contributed by atoms with Gasteiger partial charge >= 0.3 is 0 Å². The van der Waals surface area contributed by atoms with Crippen molar-refractivity contribution in [3.63, 3.8) is 0 Å². The molecule has 0 fully saturated rings. The van der Waals surface area contributed by atoms with Crippen LogP contribution >= 0.6 is 11.8 Å². The molecule has 1 aromatic carbocycles. The van der Waals surface area contributed by atoms with E-state index in [2.05, 4.69) is 57.3 Å². The lowest BCUT2D eigenvalue weighted by atomic mass is 10.1. The maximum absolute atomic E-state index is 5.97. The number of hydrogen-bond donors (Lipinski definition) is 1. The maximum atomic E-state index is 5.97. The number of nitrogens with one attached hydrogen (secondary N) is 1. The number of benzene rings is 1. The van der Waals surface area contributed by atoms with Gasteiger partial charge in [0.1, 0.15) is 11.3 Å². The Labute approximate surface area is 119 Å². The third-order valence-corrected chi connectivity index (χ3v) is 4.43. The molecule has 0 saturated carbocycles. The summed E-state index contributed by atoms with van der Waals surface area (Å²) in [6.07, 6.45) is 0. The summed E-state index contributed by atoms with van der Waals surface area (Å²) in [5.41, 5.74) is 2.24. The van der Waals surface area contributed by atoms with Crippen molar-refractivity contribution in [3.8, 4) is 0 Å². The van der Waals surface area contributed by atoms with Gasteiger partial charge in [-0.1, -0.05) is 32.4 Å². The second-order valence-corrected chi connectivity index (χ2v) is 7.80. The highest BCUT2D eigenvalue weighted by Gasteiger charge is 2.19. The van der Waals surface area contributed by atoms with E-state index >= 15 is 0 Å². The fraction of sp³-hybridized carbons (Fsp3) is 0.500. The summed E-state index contributed by atoms with van der Waals surface area (Å²) in [6, 6.07) is 8.74. The predicted molar refractivity (Wildman–Crippen MR) is 85.0 cm³/mol. The Morgan fingerprint density at radius 3 is 2.63 bits per heavy atom. The van der Waals surface area contributed by atoms with Gasteiger partial charge in [0.25, 0.3) is 0 Å². The Bertz CT molecular complexity index is 553. The lowest BCUT2D eigenvalue weighted by Gasteiger charge is -2.21. The molecule has 1 atom stereocenters. The molecule has 2 aromatic rings. The van der Waals surface area contributed by atoms with E-state index in [1.54, 1.807) is 0 Å². The van der Waals surface area contributed by atoms with Gasteiger partial charge in [-0.15, -0.1) is 0 Å². The van der Waals surface area contributed by atoms with Gasteiger partial charge in [-0.3, -0.25) is 0 Å². The van der Waals surface area contributed by atoms with Gasteiger partial charge in [0.15, 0.2) is 0 Å². The first-order valence-corrected chi connectivity index (χ1v) is 7.69. The van der Waals surface area contributed by atoms with Crippen molar-refractivity contribution in [2.24, 2.45) is 0 Å². The van der Waals surface area contributed by atoms with Gasteiger partial charge in [-0.2, -0.15) is 11.8 Å². The highest BCUT2D eigenvalue weighted by atomic mass is 32.2. The molecule has 3 heteroatoms. The molecular formula is C16H23NOS. The summed E-state index contributed by atoms with van der Waals surface area (Å²) in [7, 11) is 1.99. The quantitative estimate of drug-likeness (QED) is 0.888. The number of thioether (sulfide) groups is 1. The molecule has 104 valence electrons. The fourth-order valence-electron chi connectivity index (χ4n) is 2.00. The van der Waals surface area contributed by atoms with E-state index in [9.17, 15) is 0 Å². The summed E-state index contributed by atoms with van der Waals surface area (Å²) in [6.45, 7) is 8.84. The minimum atomic E-state index is 0.261. The molecule has 0 aliphatic heterocycles. The van der Waals surface area contributed by atoms with Gasteiger partial charge in [-0.05, 0) is 32.2 Å². The van der Waals surface area contributed by atoms with Crippen LogP contribution < -0.4 is 5.32 Å². The Hall–Kier alpha value is -0.930. The zero-order valence-electron chi connectivity index (χ0n) is 12.4. The van der Waals surface area contributed by atoms with E-state index in [1.165, 1.54) is 10.9 Å². The average Bonchev–Trinajstić information content (AvgIpc) is 2.71. The van der Waals surface area contributed by atoms with Crippen LogP contribution in [0.15, 0.2) is 28.7 Å². The van der Waals surface area contributed by atoms with Crippen LogP contribution in [0.4, 0.5) is 0 Å². The zero-order chi connectivity index (χ0) is 14.0. The summed E-state index contributed by atoms with van der Waals surface area (Å²) in [5, 5.41) is 4.54. The highest BCUT2D eigenvalue weighted by molar-refractivity contribution is 8.00. The standard InChI is InChI=1S/C16H23NOS/c1-11-6-7-14-12(8-11)9-15(18-14)13(17-5)10-19-16(2,3)4/h6-9,13,17H,10H2,1-5H3. The summed E-state index contributed by atoms with van der Waals surface area (Å²) in [4.78, 5) is 0. The maximum Gasteiger partial charge on any atom is 0.134 e. The largest absolute Gasteiger partial charge is 0.459 e. The van der Waals surface area contributed by atoms with E-state index in [0.29, 0.717) is 0 Å². The van der Waals surface area contributed by atoms with E-state index in [-0.39, 0.29) is 10.8 Å². The molecule has 2 nitrogen and oxygen atoms in total. The zero-order valence-corrected chi connectivity index (χ0v) is 13.2. The van der Waals surface area contributed by atoms with Gasteiger partial charge in [0, 0.05) is 15.9 Å². The molecule has 0 amide bonds. The molecule has 19 heavy (non-hydrogen) atoms. The van der Waals surface area contributed by atoms with Gasteiger partial charge < -0.3 is 9.73 Å². The molecule has 1 N–H and O–H groups in total. The van der Waals surface area contributed by atoms with Crippen LogP contribution in [-0.4, -0.2) is 17.5 Å². The average molecular weight is 277 g/mol. The monoisotopic (exact) mass is 277 g/mol. The van der Waals surface area contributed by atoms with E-state index in [1.807, 2.05) is 18.8 Å². The minimum Gasteiger partial charge on any atom is -0.459 e. The molecule has 0 radical (unpaired) electrons. The van der Waals surface area contributed by atoms with Crippen LogP contribution in [0.5, 0.6) is 0 Å². The molecule has 0 spiro atoms. The second kappa shape index (κ2) is 5.59. The Morgan fingerprint density at radius 1 is 1.26 bits per heavy atom. The van der Waals surface area contributed by atoms with Crippen LogP contribution in [0.25, 0.3) is 11.0 Å². The van der Waals surface area contributed by atoms with Gasteiger partial charge in [0.2, 0.25) is 0 Å². The van der Waals surface area contributed by atoms with E-state index < -0.39 is 0 Å². The molecule has 2 rings (SSSR count). The van der Waals surface area contributed by atoms with E-state index in [4.69, 9.17) is 4.42 Å². The minimum absolute atomic E-state index is 0.261. The first-order chi connectivity index (χ1) is 8.89. The number of fused-ring (bicyclic) bond motifs is 1. The lowest BCUT2D eigenvalue weighted by molar-refractivity contribution is 0.478. The Balaban J connectivity index is 2.20. The molecule has 0 aliphatic rings. The van der Waals surface area contributed by atoms with Crippen LogP contribution in [0.3, 0.4) is 0 Å². The summed E-state index contributed by atoms with van der Waals surface area (Å²) >= 11 is 1.95. The fourth-order valence-corrected chi connectivity index (χ4v) is 2.99. The highest BCUT2D eigenvalue weighted by Crippen LogP contribution is 2.31. The molecule has 1 aromatic heterocycles.